The third kappa shape index (κ3) is 5.40. The highest BCUT2D eigenvalue weighted by molar-refractivity contribution is 7.12. The number of amides is 2. The largest absolute Gasteiger partial charge is 0.480 e. The minimum atomic E-state index is -1.07. The number of hydrogen-bond acceptors (Lipinski definition) is 4. The Kier molecular flexibility index (Phi) is 6.17. The maximum absolute atomic E-state index is 11.6. The summed E-state index contributed by atoms with van der Waals surface area (Å²) in [6, 6.07) is 2.46. The number of aliphatic carboxylic acids is 1. The predicted molar refractivity (Wildman–Crippen MR) is 75.7 cm³/mol. The molecule has 1 rings (SSSR count). The van der Waals surface area contributed by atoms with Gasteiger partial charge in [0.25, 0.3) is 5.91 Å². The van der Waals surface area contributed by atoms with Crippen LogP contribution in [0, 0.1) is 5.92 Å². The van der Waals surface area contributed by atoms with Crippen molar-refractivity contribution in [3.05, 3.63) is 22.4 Å². The smallest absolute Gasteiger partial charge is 0.326 e. The molecule has 0 spiro atoms. The Balaban J connectivity index is 2.42. The quantitative estimate of drug-likeness (QED) is 0.702. The number of rotatable bonds is 7. The van der Waals surface area contributed by atoms with Crippen molar-refractivity contribution < 1.29 is 19.5 Å². The van der Waals surface area contributed by atoms with E-state index in [9.17, 15) is 14.4 Å². The third-order valence-corrected chi connectivity index (χ3v) is 3.36. The molecule has 0 aliphatic heterocycles. The highest BCUT2D eigenvalue weighted by Gasteiger charge is 2.21. The summed E-state index contributed by atoms with van der Waals surface area (Å²) in [5.41, 5.74) is 0. The summed E-state index contributed by atoms with van der Waals surface area (Å²) in [5, 5.41) is 15.6. The van der Waals surface area contributed by atoms with Gasteiger partial charge in [0, 0.05) is 0 Å². The second kappa shape index (κ2) is 7.64. The van der Waals surface area contributed by atoms with Crippen LogP contribution in [0.5, 0.6) is 0 Å². The molecule has 1 aromatic rings. The summed E-state index contributed by atoms with van der Waals surface area (Å²) in [4.78, 5) is 34.7. The third-order valence-electron chi connectivity index (χ3n) is 2.49. The lowest BCUT2D eigenvalue weighted by atomic mass is 10.0. The number of hydrogen-bond donors (Lipinski definition) is 3. The molecule has 0 aliphatic carbocycles. The van der Waals surface area contributed by atoms with Gasteiger partial charge in [0.15, 0.2) is 0 Å². The van der Waals surface area contributed by atoms with Gasteiger partial charge < -0.3 is 15.7 Å². The molecule has 0 radical (unpaired) electrons. The average Bonchev–Trinajstić information content (AvgIpc) is 2.88. The lowest BCUT2D eigenvalue weighted by Gasteiger charge is -2.16. The maximum Gasteiger partial charge on any atom is 0.326 e. The molecular weight excluding hydrogens is 280 g/mol. The number of carbonyl (C=O) groups is 3. The van der Waals surface area contributed by atoms with Gasteiger partial charge in [0.1, 0.15) is 6.04 Å². The lowest BCUT2D eigenvalue weighted by molar-refractivity contribution is -0.142. The maximum atomic E-state index is 11.6. The molecule has 0 bridgehead atoms. The van der Waals surface area contributed by atoms with Crippen LogP contribution >= 0.6 is 11.3 Å². The van der Waals surface area contributed by atoms with E-state index < -0.39 is 17.9 Å². The number of nitrogens with one attached hydrogen (secondary N) is 2. The molecule has 0 fully saturated rings. The molecule has 1 atom stereocenters. The Morgan fingerprint density at radius 3 is 2.55 bits per heavy atom. The van der Waals surface area contributed by atoms with Crippen molar-refractivity contribution in [2.24, 2.45) is 5.92 Å². The second-order valence-electron chi connectivity index (χ2n) is 4.75. The summed E-state index contributed by atoms with van der Waals surface area (Å²) in [7, 11) is 0. The summed E-state index contributed by atoms with van der Waals surface area (Å²) in [6.45, 7) is 3.51. The molecule has 3 N–H and O–H groups in total. The van der Waals surface area contributed by atoms with Crippen molar-refractivity contribution >= 4 is 29.1 Å². The zero-order valence-electron chi connectivity index (χ0n) is 11.4. The average molecular weight is 298 g/mol. The standard InChI is InChI=1S/C13H18N2O4S/c1-8(2)6-9(13(18)19)15-11(16)7-14-12(17)10-4-3-5-20-10/h3-5,8-9H,6-7H2,1-2H3,(H,14,17)(H,15,16)(H,18,19)/t9-/m1/s1. The van der Waals surface area contributed by atoms with E-state index in [1.165, 1.54) is 11.3 Å². The zero-order chi connectivity index (χ0) is 15.1. The van der Waals surface area contributed by atoms with Crippen LogP contribution in [0.15, 0.2) is 17.5 Å². The first-order chi connectivity index (χ1) is 9.40. The van der Waals surface area contributed by atoms with Gasteiger partial charge in [0.05, 0.1) is 11.4 Å². The highest BCUT2D eigenvalue weighted by Crippen LogP contribution is 2.07. The van der Waals surface area contributed by atoms with E-state index in [0.717, 1.165) is 0 Å². The molecule has 110 valence electrons. The predicted octanol–water partition coefficient (Wildman–Crippen LogP) is 1.09. The van der Waals surface area contributed by atoms with Gasteiger partial charge in [-0.1, -0.05) is 19.9 Å². The van der Waals surface area contributed by atoms with Crippen LogP contribution in [0.25, 0.3) is 0 Å². The van der Waals surface area contributed by atoms with Crippen LogP contribution in [0.3, 0.4) is 0 Å². The molecule has 0 aliphatic rings. The number of carboxylic acids is 1. The summed E-state index contributed by atoms with van der Waals surface area (Å²) in [6.07, 6.45) is 0.347. The van der Waals surface area contributed by atoms with Gasteiger partial charge in [-0.3, -0.25) is 9.59 Å². The van der Waals surface area contributed by atoms with Crippen molar-refractivity contribution in [1.29, 1.82) is 0 Å². The molecule has 7 heteroatoms. The Morgan fingerprint density at radius 1 is 1.35 bits per heavy atom. The Hall–Kier alpha value is -1.89. The minimum Gasteiger partial charge on any atom is -0.480 e. The topological polar surface area (TPSA) is 95.5 Å². The molecule has 20 heavy (non-hydrogen) atoms. The van der Waals surface area contributed by atoms with E-state index >= 15 is 0 Å². The highest BCUT2D eigenvalue weighted by atomic mass is 32.1. The van der Waals surface area contributed by atoms with Crippen molar-refractivity contribution in [2.75, 3.05) is 6.54 Å². The second-order valence-corrected chi connectivity index (χ2v) is 5.70. The van der Waals surface area contributed by atoms with E-state index in [0.29, 0.717) is 11.3 Å². The first-order valence-corrected chi connectivity index (χ1v) is 7.12. The summed E-state index contributed by atoms with van der Waals surface area (Å²) >= 11 is 1.27. The molecule has 1 aromatic heterocycles. The van der Waals surface area contributed by atoms with E-state index in [2.05, 4.69) is 10.6 Å². The zero-order valence-corrected chi connectivity index (χ0v) is 12.2. The minimum absolute atomic E-state index is 0.150. The Labute approximate surface area is 121 Å². The van der Waals surface area contributed by atoms with Gasteiger partial charge in [-0.15, -0.1) is 11.3 Å². The van der Waals surface area contributed by atoms with Gasteiger partial charge in [-0.25, -0.2) is 4.79 Å². The molecule has 0 unspecified atom stereocenters. The summed E-state index contributed by atoms with van der Waals surface area (Å²) in [5.74, 6) is -1.78. The fourth-order valence-corrected chi connectivity index (χ4v) is 2.23. The SMILES string of the molecule is CC(C)C[C@@H](NC(=O)CNC(=O)c1cccs1)C(=O)O. The van der Waals surface area contributed by atoms with E-state index in [1.807, 2.05) is 13.8 Å². The van der Waals surface area contributed by atoms with Crippen LogP contribution in [-0.4, -0.2) is 35.5 Å². The lowest BCUT2D eigenvalue weighted by Crippen LogP contribution is -2.46. The first-order valence-electron chi connectivity index (χ1n) is 6.24. The Bertz CT molecular complexity index is 471. The van der Waals surface area contributed by atoms with Gasteiger partial charge in [0.2, 0.25) is 5.91 Å². The Morgan fingerprint density at radius 2 is 2.05 bits per heavy atom. The molecule has 0 saturated heterocycles. The fourth-order valence-electron chi connectivity index (χ4n) is 1.59. The van der Waals surface area contributed by atoms with Crippen LogP contribution in [-0.2, 0) is 9.59 Å². The van der Waals surface area contributed by atoms with Gasteiger partial charge >= 0.3 is 5.97 Å². The van der Waals surface area contributed by atoms with Crippen molar-refractivity contribution in [1.82, 2.24) is 10.6 Å². The molecule has 0 aromatic carbocycles. The monoisotopic (exact) mass is 298 g/mol. The molecule has 6 nitrogen and oxygen atoms in total. The van der Waals surface area contributed by atoms with E-state index in [-0.39, 0.29) is 18.4 Å². The molecule has 1 heterocycles. The van der Waals surface area contributed by atoms with Gasteiger partial charge in [-0.2, -0.15) is 0 Å². The first kappa shape index (κ1) is 16.2. The van der Waals surface area contributed by atoms with Crippen molar-refractivity contribution in [3.8, 4) is 0 Å². The number of carbonyl (C=O) groups excluding carboxylic acids is 2. The number of carboxylic acid groups (broad SMARTS) is 1. The van der Waals surface area contributed by atoms with E-state index in [1.54, 1.807) is 17.5 Å². The van der Waals surface area contributed by atoms with E-state index in [4.69, 9.17) is 5.11 Å². The summed E-state index contributed by atoms with van der Waals surface area (Å²) < 4.78 is 0. The number of thiophene rings is 1. The van der Waals surface area contributed by atoms with Crippen LogP contribution in [0.2, 0.25) is 0 Å². The van der Waals surface area contributed by atoms with Crippen LogP contribution < -0.4 is 10.6 Å². The van der Waals surface area contributed by atoms with Crippen LogP contribution in [0.4, 0.5) is 0 Å². The molecular formula is C13H18N2O4S. The molecule has 0 saturated carbocycles. The van der Waals surface area contributed by atoms with Gasteiger partial charge in [-0.05, 0) is 23.8 Å². The molecule has 2 amide bonds. The normalized spacial score (nSPS) is 11.9. The van der Waals surface area contributed by atoms with Crippen LogP contribution in [0.1, 0.15) is 29.9 Å². The van der Waals surface area contributed by atoms with Crippen molar-refractivity contribution in [2.45, 2.75) is 26.3 Å². The van der Waals surface area contributed by atoms with Crippen molar-refractivity contribution in [3.63, 3.8) is 0 Å². The fraction of sp³-hybridized carbons (Fsp3) is 0.462.